The van der Waals surface area contributed by atoms with Gasteiger partial charge in [-0.1, -0.05) is 30.3 Å². The number of benzene rings is 1. The molecule has 0 aliphatic carbocycles. The number of fused-ring (bicyclic) bond motifs is 1. The smallest absolute Gasteiger partial charge is 0.268 e. The Bertz CT molecular complexity index is 684. The number of aromatic nitrogens is 2. The van der Waals surface area contributed by atoms with E-state index in [1.165, 1.54) is 11.3 Å². The number of amides is 1. The van der Waals surface area contributed by atoms with Gasteiger partial charge in [-0.05, 0) is 0 Å². The van der Waals surface area contributed by atoms with E-state index in [0.29, 0.717) is 11.4 Å². The van der Waals surface area contributed by atoms with E-state index in [9.17, 15) is 4.79 Å². The Balaban J connectivity index is 2.33. The first-order chi connectivity index (χ1) is 8.27. The molecule has 1 aromatic carbocycles. The standard InChI is InChI=1S/C12H9N3OS/c13-11(16)10-9(8-4-2-1-3-5-8)14-12-15(10)6-7-17-12/h1-7H,(H2,13,16). The third kappa shape index (κ3) is 1.52. The second-order valence-corrected chi connectivity index (χ2v) is 4.47. The Labute approximate surface area is 101 Å². The van der Waals surface area contributed by atoms with Crippen LogP contribution in [0.1, 0.15) is 10.5 Å². The number of hydrogen-bond donors (Lipinski definition) is 1. The molecule has 2 N–H and O–H groups in total. The predicted octanol–water partition coefficient (Wildman–Crippen LogP) is 2.16. The van der Waals surface area contributed by atoms with E-state index in [-0.39, 0.29) is 0 Å². The average Bonchev–Trinajstić information content (AvgIpc) is 2.88. The molecule has 0 atom stereocenters. The maximum Gasteiger partial charge on any atom is 0.268 e. The molecule has 0 aliphatic heterocycles. The molecule has 2 aromatic heterocycles. The lowest BCUT2D eigenvalue weighted by Crippen LogP contribution is -2.14. The second-order valence-electron chi connectivity index (χ2n) is 3.59. The number of primary amides is 1. The van der Waals surface area contributed by atoms with Gasteiger partial charge in [-0.25, -0.2) is 4.98 Å². The van der Waals surface area contributed by atoms with Crippen molar-refractivity contribution in [3.8, 4) is 11.3 Å². The molecule has 0 aliphatic rings. The highest BCUT2D eigenvalue weighted by Gasteiger charge is 2.18. The topological polar surface area (TPSA) is 60.4 Å². The summed E-state index contributed by atoms with van der Waals surface area (Å²) in [5, 5.41) is 1.88. The molecule has 0 spiro atoms. The van der Waals surface area contributed by atoms with Crippen molar-refractivity contribution >= 4 is 22.2 Å². The summed E-state index contributed by atoms with van der Waals surface area (Å²) in [6, 6.07) is 9.57. The first kappa shape index (κ1) is 10.0. The molecule has 17 heavy (non-hydrogen) atoms. The lowest BCUT2D eigenvalue weighted by molar-refractivity contribution is 0.0995. The molecule has 0 radical (unpaired) electrons. The molecule has 0 bridgehead atoms. The summed E-state index contributed by atoms with van der Waals surface area (Å²) < 4.78 is 1.73. The van der Waals surface area contributed by atoms with Crippen LogP contribution < -0.4 is 5.73 Å². The molecule has 3 rings (SSSR count). The summed E-state index contributed by atoms with van der Waals surface area (Å²) >= 11 is 1.48. The van der Waals surface area contributed by atoms with E-state index in [0.717, 1.165) is 10.5 Å². The number of imidazole rings is 1. The van der Waals surface area contributed by atoms with Crippen LogP contribution >= 0.6 is 11.3 Å². The monoisotopic (exact) mass is 243 g/mol. The van der Waals surface area contributed by atoms with Crippen molar-refractivity contribution in [3.63, 3.8) is 0 Å². The van der Waals surface area contributed by atoms with Crippen molar-refractivity contribution in [1.29, 1.82) is 0 Å². The fraction of sp³-hybridized carbons (Fsp3) is 0. The highest BCUT2D eigenvalue weighted by Crippen LogP contribution is 2.25. The fourth-order valence-corrected chi connectivity index (χ4v) is 2.53. The number of carbonyl (C=O) groups is 1. The minimum Gasteiger partial charge on any atom is -0.364 e. The molecule has 3 aromatic rings. The zero-order chi connectivity index (χ0) is 11.8. The minimum atomic E-state index is -0.463. The summed E-state index contributed by atoms with van der Waals surface area (Å²) in [5.41, 5.74) is 7.41. The van der Waals surface area contributed by atoms with Gasteiger partial charge in [0.25, 0.3) is 5.91 Å². The Morgan fingerprint density at radius 2 is 2.06 bits per heavy atom. The highest BCUT2D eigenvalue weighted by molar-refractivity contribution is 7.15. The number of hydrogen-bond acceptors (Lipinski definition) is 3. The SMILES string of the molecule is NC(=O)c1c(-c2ccccc2)nc2sccn12. The van der Waals surface area contributed by atoms with E-state index >= 15 is 0 Å². The summed E-state index contributed by atoms with van der Waals surface area (Å²) in [6.07, 6.45) is 1.81. The van der Waals surface area contributed by atoms with Gasteiger partial charge in [0.1, 0.15) is 11.4 Å². The van der Waals surface area contributed by atoms with Gasteiger partial charge < -0.3 is 5.73 Å². The van der Waals surface area contributed by atoms with Gasteiger partial charge in [0.15, 0.2) is 4.96 Å². The number of rotatable bonds is 2. The van der Waals surface area contributed by atoms with Gasteiger partial charge in [0.05, 0.1) is 0 Å². The molecule has 0 saturated heterocycles. The zero-order valence-corrected chi connectivity index (χ0v) is 9.65. The van der Waals surface area contributed by atoms with Crippen LogP contribution in [0.2, 0.25) is 0 Å². The largest absolute Gasteiger partial charge is 0.364 e. The van der Waals surface area contributed by atoms with Crippen LogP contribution in [0, 0.1) is 0 Å². The molecule has 5 heteroatoms. The summed E-state index contributed by atoms with van der Waals surface area (Å²) in [6.45, 7) is 0. The molecule has 0 saturated carbocycles. The molecule has 84 valence electrons. The van der Waals surface area contributed by atoms with Crippen LogP contribution in [-0.4, -0.2) is 15.3 Å². The van der Waals surface area contributed by atoms with Crippen molar-refractivity contribution in [1.82, 2.24) is 9.38 Å². The summed E-state index contributed by atoms with van der Waals surface area (Å²) in [5.74, 6) is -0.463. The molecule has 1 amide bonds. The Hall–Kier alpha value is -2.14. The van der Waals surface area contributed by atoms with Crippen molar-refractivity contribution in [2.24, 2.45) is 5.73 Å². The van der Waals surface area contributed by atoms with Crippen LogP contribution in [0.3, 0.4) is 0 Å². The van der Waals surface area contributed by atoms with Gasteiger partial charge in [0, 0.05) is 17.1 Å². The van der Waals surface area contributed by atoms with Crippen molar-refractivity contribution in [2.75, 3.05) is 0 Å². The lowest BCUT2D eigenvalue weighted by Gasteiger charge is -1.99. The van der Waals surface area contributed by atoms with Crippen LogP contribution in [0.15, 0.2) is 41.9 Å². The predicted molar refractivity (Wildman–Crippen MR) is 67.0 cm³/mol. The fourth-order valence-electron chi connectivity index (χ4n) is 1.82. The molecule has 2 heterocycles. The Morgan fingerprint density at radius 1 is 1.29 bits per heavy atom. The van der Waals surface area contributed by atoms with E-state index in [4.69, 9.17) is 5.73 Å². The highest BCUT2D eigenvalue weighted by atomic mass is 32.1. The minimum absolute atomic E-state index is 0.437. The molecule has 0 unspecified atom stereocenters. The number of nitrogens with zero attached hydrogens (tertiary/aromatic N) is 2. The number of nitrogens with two attached hydrogens (primary N) is 1. The third-order valence-corrected chi connectivity index (χ3v) is 3.30. The molecule has 0 fully saturated rings. The lowest BCUT2D eigenvalue weighted by atomic mass is 10.1. The summed E-state index contributed by atoms with van der Waals surface area (Å²) in [4.78, 5) is 16.8. The molecule has 4 nitrogen and oxygen atoms in total. The average molecular weight is 243 g/mol. The Morgan fingerprint density at radius 3 is 2.76 bits per heavy atom. The van der Waals surface area contributed by atoms with Gasteiger partial charge in [-0.15, -0.1) is 11.3 Å². The second kappa shape index (κ2) is 3.71. The molecular formula is C12H9N3OS. The first-order valence-electron chi connectivity index (χ1n) is 5.08. The third-order valence-electron chi connectivity index (χ3n) is 2.54. The van der Waals surface area contributed by atoms with Gasteiger partial charge in [-0.2, -0.15) is 0 Å². The van der Waals surface area contributed by atoms with E-state index in [2.05, 4.69) is 4.98 Å². The van der Waals surface area contributed by atoms with Crippen LogP contribution in [0.4, 0.5) is 0 Å². The number of thiazole rings is 1. The quantitative estimate of drug-likeness (QED) is 0.749. The van der Waals surface area contributed by atoms with E-state index in [1.807, 2.05) is 35.7 Å². The first-order valence-corrected chi connectivity index (χ1v) is 5.96. The van der Waals surface area contributed by atoms with Crippen LogP contribution in [0.25, 0.3) is 16.2 Å². The van der Waals surface area contributed by atoms with Crippen molar-refractivity contribution < 1.29 is 4.79 Å². The summed E-state index contributed by atoms with van der Waals surface area (Å²) in [7, 11) is 0. The van der Waals surface area contributed by atoms with Crippen LogP contribution in [-0.2, 0) is 0 Å². The van der Waals surface area contributed by atoms with E-state index in [1.54, 1.807) is 10.6 Å². The number of carbonyl (C=O) groups excluding carboxylic acids is 1. The Kier molecular flexibility index (Phi) is 2.19. The normalized spacial score (nSPS) is 10.8. The van der Waals surface area contributed by atoms with Gasteiger partial charge >= 0.3 is 0 Å². The zero-order valence-electron chi connectivity index (χ0n) is 8.83. The van der Waals surface area contributed by atoms with Gasteiger partial charge in [-0.3, -0.25) is 9.20 Å². The maximum atomic E-state index is 11.5. The van der Waals surface area contributed by atoms with Crippen molar-refractivity contribution in [3.05, 3.63) is 47.6 Å². The maximum absolute atomic E-state index is 11.5. The van der Waals surface area contributed by atoms with Crippen LogP contribution in [0.5, 0.6) is 0 Å². The van der Waals surface area contributed by atoms with Crippen molar-refractivity contribution in [2.45, 2.75) is 0 Å². The molecular weight excluding hydrogens is 234 g/mol. The van der Waals surface area contributed by atoms with Gasteiger partial charge in [0.2, 0.25) is 0 Å². The van der Waals surface area contributed by atoms with E-state index < -0.39 is 5.91 Å².